The minimum atomic E-state index is -0.189. The van der Waals surface area contributed by atoms with E-state index in [9.17, 15) is 0 Å². The van der Waals surface area contributed by atoms with Gasteiger partial charge in [0.05, 0.1) is 5.92 Å². The van der Waals surface area contributed by atoms with Crippen molar-refractivity contribution in [2.24, 2.45) is 0 Å². The van der Waals surface area contributed by atoms with E-state index in [1.807, 2.05) is 37.3 Å². The summed E-state index contributed by atoms with van der Waals surface area (Å²) in [5.41, 5.74) is 1.12. The lowest BCUT2D eigenvalue weighted by Crippen LogP contribution is -1.96. The summed E-state index contributed by atoms with van der Waals surface area (Å²) in [4.78, 5) is 4.08. The van der Waals surface area contributed by atoms with E-state index in [0.29, 0.717) is 11.7 Å². The molecule has 4 nitrogen and oxygen atoms in total. The average molecular weight is 204 g/mol. The van der Waals surface area contributed by atoms with E-state index in [-0.39, 0.29) is 12.5 Å². The highest BCUT2D eigenvalue weighted by Gasteiger charge is 2.15. The van der Waals surface area contributed by atoms with E-state index in [1.165, 1.54) is 0 Å². The van der Waals surface area contributed by atoms with Crippen LogP contribution in [0.4, 0.5) is 0 Å². The second-order valence-electron chi connectivity index (χ2n) is 3.34. The summed E-state index contributed by atoms with van der Waals surface area (Å²) in [7, 11) is 0. The largest absolute Gasteiger partial charge is 0.388 e. The van der Waals surface area contributed by atoms with Gasteiger partial charge in [0, 0.05) is 0 Å². The van der Waals surface area contributed by atoms with E-state index in [2.05, 4.69) is 10.1 Å². The van der Waals surface area contributed by atoms with Crippen LogP contribution in [0.15, 0.2) is 34.9 Å². The number of benzene rings is 1. The SMILES string of the molecule is CC(c1ccccc1)c1nc(CO)no1. The van der Waals surface area contributed by atoms with Crippen molar-refractivity contribution < 1.29 is 9.63 Å². The highest BCUT2D eigenvalue weighted by atomic mass is 16.5. The van der Waals surface area contributed by atoms with Gasteiger partial charge in [0.25, 0.3) is 0 Å². The van der Waals surface area contributed by atoms with Gasteiger partial charge in [0.2, 0.25) is 5.89 Å². The molecule has 0 saturated carbocycles. The maximum absolute atomic E-state index is 8.82. The summed E-state index contributed by atoms with van der Waals surface area (Å²) < 4.78 is 5.05. The Morgan fingerprint density at radius 3 is 2.67 bits per heavy atom. The Hall–Kier alpha value is -1.68. The van der Waals surface area contributed by atoms with E-state index in [1.54, 1.807) is 0 Å². The Kier molecular flexibility index (Phi) is 2.78. The van der Waals surface area contributed by atoms with Crippen LogP contribution >= 0.6 is 0 Å². The Morgan fingerprint density at radius 1 is 1.33 bits per heavy atom. The first kappa shape index (κ1) is 9.86. The van der Waals surface area contributed by atoms with Gasteiger partial charge in [-0.15, -0.1) is 0 Å². The molecule has 1 unspecified atom stereocenters. The fourth-order valence-corrected chi connectivity index (χ4v) is 1.39. The highest BCUT2D eigenvalue weighted by molar-refractivity contribution is 5.23. The first-order chi connectivity index (χ1) is 7.31. The third-order valence-corrected chi connectivity index (χ3v) is 2.30. The molecular formula is C11H12N2O2. The van der Waals surface area contributed by atoms with Gasteiger partial charge in [0.1, 0.15) is 6.61 Å². The molecule has 78 valence electrons. The zero-order valence-electron chi connectivity index (χ0n) is 8.42. The molecule has 0 saturated heterocycles. The average Bonchev–Trinajstić information content (AvgIpc) is 2.78. The number of hydrogen-bond donors (Lipinski definition) is 1. The quantitative estimate of drug-likeness (QED) is 0.826. The first-order valence-corrected chi connectivity index (χ1v) is 4.79. The Bertz CT molecular complexity index is 425. The molecule has 0 aliphatic heterocycles. The van der Waals surface area contributed by atoms with Crippen molar-refractivity contribution in [1.29, 1.82) is 0 Å². The Labute approximate surface area is 87.6 Å². The van der Waals surface area contributed by atoms with Crippen molar-refractivity contribution in [3.8, 4) is 0 Å². The smallest absolute Gasteiger partial charge is 0.233 e. The van der Waals surface area contributed by atoms with Crippen LogP contribution in [0.5, 0.6) is 0 Å². The normalized spacial score (nSPS) is 12.7. The molecule has 1 atom stereocenters. The van der Waals surface area contributed by atoms with Crippen LogP contribution in [0.25, 0.3) is 0 Å². The number of aliphatic hydroxyl groups excluding tert-OH is 1. The van der Waals surface area contributed by atoms with Crippen molar-refractivity contribution in [1.82, 2.24) is 10.1 Å². The van der Waals surface area contributed by atoms with E-state index < -0.39 is 0 Å². The van der Waals surface area contributed by atoms with Crippen LogP contribution in [0.3, 0.4) is 0 Å². The fraction of sp³-hybridized carbons (Fsp3) is 0.273. The predicted octanol–water partition coefficient (Wildman–Crippen LogP) is 1.71. The molecule has 0 radical (unpaired) electrons. The predicted molar refractivity (Wildman–Crippen MR) is 54.2 cm³/mol. The molecule has 15 heavy (non-hydrogen) atoms. The summed E-state index contributed by atoms with van der Waals surface area (Å²) in [6.45, 7) is 1.80. The third-order valence-electron chi connectivity index (χ3n) is 2.30. The Morgan fingerprint density at radius 2 is 2.07 bits per heavy atom. The van der Waals surface area contributed by atoms with Crippen LogP contribution in [-0.2, 0) is 6.61 Å². The third kappa shape index (κ3) is 2.05. The van der Waals surface area contributed by atoms with E-state index in [4.69, 9.17) is 9.63 Å². The molecule has 2 rings (SSSR count). The van der Waals surface area contributed by atoms with Gasteiger partial charge in [-0.25, -0.2) is 0 Å². The van der Waals surface area contributed by atoms with Crippen molar-refractivity contribution in [2.45, 2.75) is 19.4 Å². The molecule has 0 amide bonds. The van der Waals surface area contributed by atoms with Gasteiger partial charge in [-0.05, 0) is 12.5 Å². The maximum atomic E-state index is 8.82. The lowest BCUT2D eigenvalue weighted by Gasteiger charge is -2.05. The maximum Gasteiger partial charge on any atom is 0.233 e. The van der Waals surface area contributed by atoms with Crippen LogP contribution in [0.1, 0.15) is 30.1 Å². The zero-order valence-corrected chi connectivity index (χ0v) is 8.42. The molecule has 1 N–H and O–H groups in total. The molecule has 0 spiro atoms. The summed E-state index contributed by atoms with van der Waals surface area (Å²) in [5, 5.41) is 12.5. The number of rotatable bonds is 3. The van der Waals surface area contributed by atoms with Gasteiger partial charge in [-0.1, -0.05) is 35.5 Å². The zero-order chi connectivity index (χ0) is 10.7. The summed E-state index contributed by atoms with van der Waals surface area (Å²) in [6, 6.07) is 9.91. The van der Waals surface area contributed by atoms with Gasteiger partial charge in [0.15, 0.2) is 5.82 Å². The molecule has 0 aliphatic carbocycles. The van der Waals surface area contributed by atoms with Crippen LogP contribution in [0.2, 0.25) is 0 Å². The van der Waals surface area contributed by atoms with Gasteiger partial charge < -0.3 is 9.63 Å². The van der Waals surface area contributed by atoms with E-state index >= 15 is 0 Å². The molecule has 0 fully saturated rings. The molecule has 1 aromatic carbocycles. The second-order valence-corrected chi connectivity index (χ2v) is 3.34. The molecule has 1 aromatic heterocycles. The van der Waals surface area contributed by atoms with E-state index in [0.717, 1.165) is 5.56 Å². The number of nitrogens with zero attached hydrogens (tertiary/aromatic N) is 2. The van der Waals surface area contributed by atoms with Crippen LogP contribution < -0.4 is 0 Å². The summed E-state index contributed by atoms with van der Waals surface area (Å²) in [5.74, 6) is 0.914. The van der Waals surface area contributed by atoms with Gasteiger partial charge >= 0.3 is 0 Å². The highest BCUT2D eigenvalue weighted by Crippen LogP contribution is 2.21. The van der Waals surface area contributed by atoms with Crippen LogP contribution in [0, 0.1) is 0 Å². The van der Waals surface area contributed by atoms with Crippen LogP contribution in [-0.4, -0.2) is 15.2 Å². The van der Waals surface area contributed by atoms with Crippen molar-refractivity contribution in [2.75, 3.05) is 0 Å². The fourth-order valence-electron chi connectivity index (χ4n) is 1.39. The molecule has 0 bridgehead atoms. The molecule has 1 heterocycles. The molecule has 4 heteroatoms. The summed E-state index contributed by atoms with van der Waals surface area (Å²) in [6.07, 6.45) is 0. The standard InChI is InChI=1S/C11H12N2O2/c1-8(9-5-3-2-4-6-9)11-12-10(7-14)13-15-11/h2-6,8,14H,7H2,1H3. The van der Waals surface area contributed by atoms with Gasteiger partial charge in [-0.3, -0.25) is 0 Å². The lowest BCUT2D eigenvalue weighted by atomic mass is 10.0. The summed E-state index contributed by atoms with van der Waals surface area (Å²) >= 11 is 0. The first-order valence-electron chi connectivity index (χ1n) is 4.79. The topological polar surface area (TPSA) is 59.2 Å². The monoisotopic (exact) mass is 204 g/mol. The Balaban J connectivity index is 2.24. The van der Waals surface area contributed by atoms with Crippen molar-refractivity contribution >= 4 is 0 Å². The number of hydrogen-bond acceptors (Lipinski definition) is 4. The molecular weight excluding hydrogens is 192 g/mol. The minimum Gasteiger partial charge on any atom is -0.388 e. The minimum absolute atomic E-state index is 0.0546. The van der Waals surface area contributed by atoms with Crippen molar-refractivity contribution in [3.05, 3.63) is 47.6 Å². The molecule has 0 aliphatic rings. The van der Waals surface area contributed by atoms with Crippen molar-refractivity contribution in [3.63, 3.8) is 0 Å². The number of aromatic nitrogens is 2. The number of aliphatic hydroxyl groups is 1. The van der Waals surface area contributed by atoms with Gasteiger partial charge in [-0.2, -0.15) is 4.98 Å². The second kappa shape index (κ2) is 4.23. The molecule has 2 aromatic rings. The lowest BCUT2D eigenvalue weighted by molar-refractivity contribution is 0.262.